The molecule has 0 radical (unpaired) electrons. The van der Waals surface area contributed by atoms with Crippen LogP contribution in [0, 0.1) is 0 Å². The third-order valence-corrected chi connectivity index (χ3v) is 3.68. The second-order valence-corrected chi connectivity index (χ2v) is 5.57. The number of carboxylic acids is 1. The van der Waals surface area contributed by atoms with Crippen molar-refractivity contribution in [2.45, 2.75) is 0 Å². The van der Waals surface area contributed by atoms with Gasteiger partial charge in [-0.1, -0.05) is 60.7 Å². The summed E-state index contributed by atoms with van der Waals surface area (Å²) in [5, 5.41) is 13.2. The average Bonchev–Trinajstić information content (AvgIpc) is 2.70. The Bertz CT molecular complexity index is 976. The van der Waals surface area contributed by atoms with E-state index in [4.69, 9.17) is 5.11 Å². The van der Waals surface area contributed by atoms with E-state index in [1.807, 2.05) is 30.3 Å². The van der Waals surface area contributed by atoms with Gasteiger partial charge >= 0.3 is 5.97 Å². The summed E-state index contributed by atoms with van der Waals surface area (Å²) in [7, 11) is 0. The fraction of sp³-hybridized carbons (Fsp3) is 0.0476. The maximum atomic E-state index is 12.4. The third kappa shape index (κ3) is 5.35. The summed E-state index contributed by atoms with van der Waals surface area (Å²) in [6.07, 6.45) is 1.53. The Kier molecular flexibility index (Phi) is 7.60. The number of aromatic nitrogens is 1. The molecule has 1 aromatic heterocycles. The predicted molar refractivity (Wildman–Crippen MR) is 103 cm³/mol. The molecule has 0 saturated carbocycles. The number of aliphatic imine (C=N–C) groups is 1. The van der Waals surface area contributed by atoms with Gasteiger partial charge in [0, 0.05) is 28.3 Å². The molecule has 28 heavy (non-hydrogen) atoms. The van der Waals surface area contributed by atoms with Gasteiger partial charge in [-0.3, -0.25) is 14.8 Å². The van der Waals surface area contributed by atoms with Gasteiger partial charge < -0.3 is 15.2 Å². The van der Waals surface area contributed by atoms with E-state index >= 15 is 0 Å². The number of aliphatic carboxylic acids is 1. The summed E-state index contributed by atoms with van der Waals surface area (Å²) < 4.78 is 0. The SMILES string of the molecule is O=C(O)CN=C(c1ccccc1)c1ccccc1[N-]C(=O)c1ccccn1.[Ni]. The van der Waals surface area contributed by atoms with Gasteiger partial charge in [0.15, 0.2) is 0 Å². The second kappa shape index (κ2) is 10.1. The van der Waals surface area contributed by atoms with E-state index in [0.717, 1.165) is 5.56 Å². The number of nitrogens with zero attached hydrogens (tertiary/aromatic N) is 3. The fourth-order valence-corrected chi connectivity index (χ4v) is 2.50. The molecule has 3 rings (SSSR count). The van der Waals surface area contributed by atoms with E-state index in [1.165, 1.54) is 6.20 Å². The minimum Gasteiger partial charge on any atom is -0.621 e. The van der Waals surface area contributed by atoms with Crippen molar-refractivity contribution in [1.29, 1.82) is 0 Å². The van der Waals surface area contributed by atoms with E-state index < -0.39 is 11.9 Å². The van der Waals surface area contributed by atoms with Gasteiger partial charge in [0.1, 0.15) is 12.5 Å². The van der Waals surface area contributed by atoms with Crippen molar-refractivity contribution >= 4 is 23.3 Å². The normalized spacial score (nSPS) is 10.6. The number of benzene rings is 2. The Morgan fingerprint density at radius 3 is 2.29 bits per heavy atom. The van der Waals surface area contributed by atoms with Crippen LogP contribution in [-0.2, 0) is 21.3 Å². The van der Waals surface area contributed by atoms with Crippen molar-refractivity contribution < 1.29 is 31.2 Å². The zero-order chi connectivity index (χ0) is 19.1. The van der Waals surface area contributed by atoms with Crippen LogP contribution in [0.5, 0.6) is 0 Å². The number of para-hydroxylation sites is 1. The number of hydrogen-bond acceptors (Lipinski definition) is 4. The largest absolute Gasteiger partial charge is 0.621 e. The molecular formula is C21H16N3NiO3-. The summed E-state index contributed by atoms with van der Waals surface area (Å²) in [4.78, 5) is 31.7. The van der Waals surface area contributed by atoms with Crippen LogP contribution in [0.3, 0.4) is 0 Å². The third-order valence-electron chi connectivity index (χ3n) is 3.68. The van der Waals surface area contributed by atoms with Crippen LogP contribution in [0.15, 0.2) is 84.0 Å². The Labute approximate surface area is 172 Å². The summed E-state index contributed by atoms with van der Waals surface area (Å²) in [5.41, 5.74) is 2.42. The van der Waals surface area contributed by atoms with E-state index in [9.17, 15) is 9.59 Å². The zero-order valence-electron chi connectivity index (χ0n) is 14.6. The van der Waals surface area contributed by atoms with E-state index in [0.29, 0.717) is 17.0 Å². The molecule has 0 fully saturated rings. The predicted octanol–water partition coefficient (Wildman–Crippen LogP) is 3.85. The number of carbonyl (C=O) groups is 2. The molecule has 1 N–H and O–H groups in total. The molecule has 0 saturated heterocycles. The van der Waals surface area contributed by atoms with Crippen LogP contribution in [0.25, 0.3) is 5.32 Å². The van der Waals surface area contributed by atoms with Gasteiger partial charge in [-0.25, -0.2) is 0 Å². The first-order chi connectivity index (χ1) is 13.1. The van der Waals surface area contributed by atoms with Crippen LogP contribution in [0.4, 0.5) is 5.69 Å². The van der Waals surface area contributed by atoms with Crippen LogP contribution in [0.1, 0.15) is 21.6 Å². The summed E-state index contributed by atoms with van der Waals surface area (Å²) in [5.74, 6) is -1.52. The molecule has 1 amide bonds. The number of hydrogen-bond donors (Lipinski definition) is 1. The van der Waals surface area contributed by atoms with Crippen molar-refractivity contribution in [3.63, 3.8) is 0 Å². The van der Waals surface area contributed by atoms with Gasteiger partial charge in [0.25, 0.3) is 0 Å². The quantitative estimate of drug-likeness (QED) is 0.487. The minimum absolute atomic E-state index is 0. The average molecular weight is 417 g/mol. The van der Waals surface area contributed by atoms with Gasteiger partial charge in [-0.05, 0) is 17.7 Å². The Balaban J connectivity index is 0.00000280. The van der Waals surface area contributed by atoms with Crippen LogP contribution < -0.4 is 0 Å². The molecule has 0 aliphatic heterocycles. The molecule has 0 bridgehead atoms. The van der Waals surface area contributed by atoms with Crippen LogP contribution >= 0.6 is 0 Å². The standard InChI is InChI=1S/C21H17N3O3.Ni/c25-19(26)14-23-20(15-8-2-1-3-9-15)16-10-4-5-11-17(16)24-21(27)18-12-6-7-13-22-18;/h1-13H,14H2,(H2,23,24,25,26,27);/p-1. The fourth-order valence-electron chi connectivity index (χ4n) is 2.50. The molecule has 6 nitrogen and oxygen atoms in total. The number of amides is 1. The molecule has 3 aromatic rings. The molecule has 7 heteroatoms. The summed E-state index contributed by atoms with van der Waals surface area (Å²) in [6.45, 7) is -0.382. The Morgan fingerprint density at radius 2 is 1.61 bits per heavy atom. The van der Waals surface area contributed by atoms with Gasteiger partial charge in [-0.15, -0.1) is 5.69 Å². The topological polar surface area (TPSA) is 93.7 Å². The van der Waals surface area contributed by atoms with Crippen molar-refractivity contribution in [2.75, 3.05) is 6.54 Å². The van der Waals surface area contributed by atoms with E-state index in [1.54, 1.807) is 42.5 Å². The van der Waals surface area contributed by atoms with E-state index in [2.05, 4.69) is 15.3 Å². The van der Waals surface area contributed by atoms with Crippen molar-refractivity contribution in [3.05, 3.63) is 101 Å². The first-order valence-electron chi connectivity index (χ1n) is 8.23. The molecule has 1 heterocycles. The van der Waals surface area contributed by atoms with Crippen LogP contribution in [0.2, 0.25) is 0 Å². The molecule has 0 spiro atoms. The van der Waals surface area contributed by atoms with E-state index in [-0.39, 0.29) is 28.7 Å². The monoisotopic (exact) mass is 416 g/mol. The second-order valence-electron chi connectivity index (χ2n) is 5.57. The maximum Gasteiger partial charge on any atom is 0.325 e. The maximum absolute atomic E-state index is 12.4. The number of carboxylic acid groups (broad SMARTS) is 1. The first-order valence-corrected chi connectivity index (χ1v) is 8.23. The van der Waals surface area contributed by atoms with Crippen molar-refractivity contribution in [1.82, 2.24) is 4.98 Å². The molecule has 0 unspecified atom stereocenters. The van der Waals surface area contributed by atoms with Crippen molar-refractivity contribution in [3.8, 4) is 0 Å². The van der Waals surface area contributed by atoms with Crippen molar-refractivity contribution in [2.24, 2.45) is 4.99 Å². The molecule has 144 valence electrons. The molecule has 0 aliphatic rings. The zero-order valence-corrected chi connectivity index (χ0v) is 15.6. The molecular weight excluding hydrogens is 401 g/mol. The first kappa shape index (κ1) is 21.0. The minimum atomic E-state index is -1.04. The number of carbonyl (C=O) groups excluding carboxylic acids is 1. The van der Waals surface area contributed by atoms with Gasteiger partial charge in [0.2, 0.25) is 0 Å². The van der Waals surface area contributed by atoms with Crippen LogP contribution in [-0.4, -0.2) is 34.2 Å². The Morgan fingerprint density at radius 1 is 0.929 bits per heavy atom. The number of rotatable bonds is 6. The van der Waals surface area contributed by atoms with Gasteiger partial charge in [-0.2, -0.15) is 0 Å². The Hall–Kier alpha value is -3.31. The molecule has 0 atom stereocenters. The number of pyridine rings is 1. The molecule has 2 aromatic carbocycles. The summed E-state index contributed by atoms with van der Waals surface area (Å²) >= 11 is 0. The molecule has 0 aliphatic carbocycles. The van der Waals surface area contributed by atoms with Gasteiger partial charge in [0.05, 0.1) is 11.4 Å². The smallest absolute Gasteiger partial charge is 0.325 e. The summed E-state index contributed by atoms with van der Waals surface area (Å²) in [6, 6.07) is 21.2.